The summed E-state index contributed by atoms with van der Waals surface area (Å²) in [5.74, 6) is 0. The molecule has 1 aliphatic heterocycles. The molecule has 0 saturated carbocycles. The zero-order valence-electron chi connectivity index (χ0n) is 42.8. The zero-order valence-corrected chi connectivity index (χ0v) is 48.8. The molecule has 0 bridgehead atoms. The van der Waals surface area contributed by atoms with Gasteiger partial charge in [0.15, 0.2) is 33.3 Å². The lowest BCUT2D eigenvalue weighted by molar-refractivity contribution is 0.0233. The molecule has 2 unspecified atom stereocenters. The minimum absolute atomic E-state index is 0.0476. The molecular formula is C43H103NO12Si6. The minimum Gasteiger partial charge on any atom is -0.456 e. The Morgan fingerprint density at radius 3 is 1.27 bits per heavy atom. The fourth-order valence-electron chi connectivity index (χ4n) is 6.37. The number of ether oxygens (including phenoxy) is 7. The van der Waals surface area contributed by atoms with Gasteiger partial charge in [0.05, 0.1) is 85.4 Å². The highest BCUT2D eigenvalue weighted by Crippen LogP contribution is 2.28. The van der Waals surface area contributed by atoms with Crippen LogP contribution in [0.3, 0.4) is 0 Å². The Kier molecular flexibility index (Phi) is 38.5. The van der Waals surface area contributed by atoms with E-state index in [2.05, 4.69) is 91.7 Å². The van der Waals surface area contributed by atoms with Crippen molar-refractivity contribution in [3.63, 3.8) is 0 Å². The van der Waals surface area contributed by atoms with E-state index in [1.54, 1.807) is 0 Å². The van der Waals surface area contributed by atoms with Crippen LogP contribution in [0.2, 0.25) is 128 Å². The van der Waals surface area contributed by atoms with Gasteiger partial charge in [0.1, 0.15) is 6.10 Å². The van der Waals surface area contributed by atoms with Crippen LogP contribution in [0.25, 0.3) is 0 Å². The predicted molar refractivity (Wildman–Crippen MR) is 275 cm³/mol. The van der Waals surface area contributed by atoms with Crippen molar-refractivity contribution < 1.29 is 56.7 Å². The van der Waals surface area contributed by atoms with Crippen LogP contribution in [0.1, 0.15) is 32.1 Å². The Bertz CT molecular complexity index is 1010. The topological polar surface area (TPSA) is 173 Å². The predicted octanol–water partition coefficient (Wildman–Crippen LogP) is 8.24. The van der Waals surface area contributed by atoms with Crippen molar-refractivity contribution in [2.75, 3.05) is 106 Å². The Balaban J connectivity index is 0. The van der Waals surface area contributed by atoms with Crippen molar-refractivity contribution in [2.24, 2.45) is 5.73 Å². The van der Waals surface area contributed by atoms with Gasteiger partial charge in [-0.05, 0) is 109 Å². The smallest absolute Gasteiger partial charge is 0.173 e. The summed E-state index contributed by atoms with van der Waals surface area (Å²) in [7, 11) is -8.21. The molecule has 13 nitrogen and oxygen atoms in total. The molecule has 1 heterocycles. The van der Waals surface area contributed by atoms with Crippen LogP contribution in [-0.4, -0.2) is 183 Å². The van der Waals surface area contributed by atoms with Gasteiger partial charge in [-0.25, -0.2) is 0 Å². The van der Waals surface area contributed by atoms with Crippen LogP contribution in [0.4, 0.5) is 0 Å². The fraction of sp³-hybridized carbons (Fsp3) is 1.00. The molecule has 0 radical (unpaired) electrons. The van der Waals surface area contributed by atoms with Gasteiger partial charge < -0.3 is 62.4 Å². The maximum absolute atomic E-state index is 10.1. The van der Waals surface area contributed by atoms with Crippen molar-refractivity contribution in [3.8, 4) is 0 Å². The Morgan fingerprint density at radius 2 is 0.871 bits per heavy atom. The van der Waals surface area contributed by atoms with Crippen LogP contribution in [-0.2, 0) is 41.4 Å². The molecule has 19 heteroatoms. The molecule has 0 amide bonds. The van der Waals surface area contributed by atoms with E-state index in [9.17, 15) is 5.11 Å². The molecule has 1 fully saturated rings. The number of aliphatic hydroxyl groups is 3. The van der Waals surface area contributed by atoms with Gasteiger partial charge in [-0.1, -0.05) is 51.4 Å². The van der Waals surface area contributed by atoms with Crippen LogP contribution in [0.5, 0.6) is 0 Å². The fourth-order valence-corrected chi connectivity index (χ4v) is 32.8. The van der Waals surface area contributed by atoms with Crippen molar-refractivity contribution in [2.45, 2.75) is 172 Å². The van der Waals surface area contributed by atoms with E-state index in [1.807, 2.05) is 0 Å². The molecule has 5 N–H and O–H groups in total. The van der Waals surface area contributed by atoms with E-state index in [0.29, 0.717) is 78.7 Å². The van der Waals surface area contributed by atoms with E-state index >= 15 is 0 Å². The van der Waals surface area contributed by atoms with Gasteiger partial charge >= 0.3 is 0 Å². The number of nitrogens with two attached hydrogens (primary N) is 1. The Hall–Kier alpha value is 0.781. The van der Waals surface area contributed by atoms with Crippen molar-refractivity contribution in [1.29, 1.82) is 0 Å². The molecule has 1 aliphatic rings. The van der Waals surface area contributed by atoms with E-state index in [1.165, 1.54) is 30.2 Å². The van der Waals surface area contributed by atoms with Crippen LogP contribution < -0.4 is 5.73 Å². The average Bonchev–Trinajstić information content (AvgIpc) is 3.97. The van der Waals surface area contributed by atoms with Crippen molar-refractivity contribution in [3.05, 3.63) is 0 Å². The molecule has 376 valence electrons. The molecule has 1 rings (SSSR count). The van der Waals surface area contributed by atoms with E-state index in [0.717, 1.165) is 58.0 Å². The lowest BCUT2D eigenvalue weighted by Crippen LogP contribution is -2.45. The van der Waals surface area contributed by atoms with Crippen molar-refractivity contribution in [1.82, 2.24) is 0 Å². The third-order valence-electron chi connectivity index (χ3n) is 9.76. The second-order valence-corrected chi connectivity index (χ2v) is 50.5. The molecule has 2 atom stereocenters. The summed E-state index contributed by atoms with van der Waals surface area (Å²) in [6.07, 6.45) is 4.71. The van der Waals surface area contributed by atoms with E-state index < -0.39 is 55.5 Å². The largest absolute Gasteiger partial charge is 0.456 e. The number of unbranched alkanes of at least 4 members (excludes halogenated alkanes) is 1. The highest BCUT2D eigenvalue weighted by molar-refractivity contribution is 6.87. The number of rotatable bonds is 39. The molecule has 0 spiro atoms. The molecule has 62 heavy (non-hydrogen) atoms. The van der Waals surface area contributed by atoms with Gasteiger partial charge in [0.2, 0.25) is 0 Å². The Labute approximate surface area is 388 Å². The van der Waals surface area contributed by atoms with Crippen LogP contribution in [0.15, 0.2) is 0 Å². The van der Waals surface area contributed by atoms with E-state index in [4.69, 9.17) is 57.3 Å². The van der Waals surface area contributed by atoms with Gasteiger partial charge in [0.25, 0.3) is 0 Å². The highest BCUT2D eigenvalue weighted by Gasteiger charge is 2.35. The SMILES string of the molecule is C[Si](C)(C)CC[Si](C)(C)O[Si](C)(C)CCCOCC(O)CCCCOCCOCCO.C[Si](C)(C)CC[Si](C)(C)O[Si](C)(C)CCCOCC1CO1.NCCOCCOCCO. The summed E-state index contributed by atoms with van der Waals surface area (Å²) >= 11 is 0. The van der Waals surface area contributed by atoms with Gasteiger partial charge in [-0.15, -0.1) is 0 Å². The quantitative estimate of drug-likeness (QED) is 0.0264. The number of aliphatic hydroxyl groups excluding tert-OH is 3. The van der Waals surface area contributed by atoms with Gasteiger partial charge in [-0.2, -0.15) is 0 Å². The summed E-state index contributed by atoms with van der Waals surface area (Å²) in [6, 6.07) is 7.71. The lowest BCUT2D eigenvalue weighted by atomic mass is 10.2. The zero-order chi connectivity index (χ0) is 47.6. The van der Waals surface area contributed by atoms with Crippen molar-refractivity contribution >= 4 is 49.4 Å². The van der Waals surface area contributed by atoms with Gasteiger partial charge in [-0.3, -0.25) is 0 Å². The summed E-state index contributed by atoms with van der Waals surface area (Å²) in [5.41, 5.74) is 5.16. The maximum atomic E-state index is 10.1. The standard InChI is InChI=1S/C22H52O6Si3.C15H36O3Si3.C6H15NO3/c1-29(2,3)19-20-31(6,7)28-30(4,5)18-10-14-27-21-22(24)11-8-9-13-25-16-17-26-15-12-23;1-19(2,3)11-12-21(6,7)18-20(4,5)10-8-9-16-13-15-14-17-15;7-1-3-9-5-6-10-4-2-8/h22-24H,8-21H2,1-7H3;15H,8-14H2,1-7H3;8H,1-7H2. The number of hydrogen-bond acceptors (Lipinski definition) is 13. The maximum Gasteiger partial charge on any atom is 0.173 e. The number of hydrogen-bond donors (Lipinski definition) is 4. The first-order valence-electron chi connectivity index (χ1n) is 23.9. The normalized spacial score (nSPS) is 15.5. The van der Waals surface area contributed by atoms with Crippen LogP contribution >= 0.6 is 0 Å². The second-order valence-electron chi connectivity index (χ2n) is 21.5. The molecule has 1 saturated heterocycles. The number of epoxide rings is 1. The molecule has 0 aromatic heterocycles. The molecular weight excluding hydrogens is 891 g/mol. The third-order valence-corrected chi connectivity index (χ3v) is 29.1. The second kappa shape index (κ2) is 36.8. The summed E-state index contributed by atoms with van der Waals surface area (Å²) in [4.78, 5) is 0. The van der Waals surface area contributed by atoms with Gasteiger partial charge in [0, 0.05) is 42.5 Å². The van der Waals surface area contributed by atoms with E-state index in [-0.39, 0.29) is 13.2 Å². The molecule has 0 aromatic rings. The lowest BCUT2D eigenvalue weighted by Gasteiger charge is -2.35. The Morgan fingerprint density at radius 1 is 0.484 bits per heavy atom. The summed E-state index contributed by atoms with van der Waals surface area (Å²) in [6.45, 7) is 42.1. The first-order valence-corrected chi connectivity index (χ1v) is 43.7. The minimum atomic E-state index is -1.66. The first kappa shape index (κ1) is 64.9. The molecule has 0 aromatic carbocycles. The highest BCUT2D eigenvalue weighted by atomic mass is 28.4. The first-order chi connectivity index (χ1) is 28.8. The average molecular weight is 995 g/mol. The molecule has 0 aliphatic carbocycles. The van der Waals surface area contributed by atoms with Crippen LogP contribution in [0, 0.1) is 0 Å². The monoisotopic (exact) mass is 994 g/mol. The summed E-state index contributed by atoms with van der Waals surface area (Å²) in [5, 5.41) is 26.9. The third kappa shape index (κ3) is 50.2. The summed E-state index contributed by atoms with van der Waals surface area (Å²) < 4.78 is 50.4.